The van der Waals surface area contributed by atoms with Crippen LogP contribution in [0.1, 0.15) is 141 Å². The fourth-order valence-corrected chi connectivity index (χ4v) is 10.6. The molecule has 0 aliphatic carbocycles. The average molecular weight is 1090 g/mol. The average Bonchev–Trinajstić information content (AvgIpc) is 4.05. The van der Waals surface area contributed by atoms with E-state index in [4.69, 9.17) is 28.3 Å². The molecule has 4 aromatic heterocycles. The Kier molecular flexibility index (Phi) is 19.4. The number of benzene rings is 2. The zero-order valence-corrected chi connectivity index (χ0v) is 48.7. The third kappa shape index (κ3) is 16.3. The van der Waals surface area contributed by atoms with Crippen LogP contribution in [0.15, 0.2) is 96.0 Å². The van der Waals surface area contributed by atoms with Crippen molar-refractivity contribution >= 4 is 69.6 Å². The largest absolute Gasteiger partial charge is 0.478 e. The number of halogens is 2. The van der Waals surface area contributed by atoms with Crippen molar-refractivity contribution in [2.24, 2.45) is 10.8 Å². The van der Waals surface area contributed by atoms with Gasteiger partial charge in [0.2, 0.25) is 11.8 Å². The molecule has 0 spiro atoms. The second-order valence-corrected chi connectivity index (χ2v) is 26.1. The topological polar surface area (TPSA) is 154 Å². The third-order valence-corrected chi connectivity index (χ3v) is 15.6. The molecule has 8 rings (SSSR count). The minimum absolute atomic E-state index is 0.00787. The van der Waals surface area contributed by atoms with Crippen LogP contribution in [0, 0.1) is 10.8 Å². The Morgan fingerprint density at radius 1 is 0.573 bits per heavy atom. The summed E-state index contributed by atoms with van der Waals surface area (Å²) in [5.74, 6) is -0.785. The number of nitrogens with zero attached hydrogens (tertiary/aromatic N) is 3. The molecule has 2 aliphatic heterocycles. The van der Waals surface area contributed by atoms with E-state index >= 15 is 0 Å². The number of rotatable bonds is 8. The number of aromatic carboxylic acids is 1. The Bertz CT molecular complexity index is 2960. The van der Waals surface area contributed by atoms with Crippen LogP contribution < -0.4 is 16.0 Å². The summed E-state index contributed by atoms with van der Waals surface area (Å²) < 4.78 is 0. The summed E-state index contributed by atoms with van der Waals surface area (Å²) in [7, 11) is 0. The first-order chi connectivity index (χ1) is 35.1. The number of hydrogen-bond donors (Lipinski definition) is 4. The molecule has 2 aliphatic rings. The number of thiophene rings is 2. The number of carbonyl (C=O) groups is 4. The molecule has 15 heteroatoms. The van der Waals surface area contributed by atoms with Crippen LogP contribution in [0.3, 0.4) is 0 Å². The van der Waals surface area contributed by atoms with Gasteiger partial charge in [-0.25, -0.2) is 4.79 Å². The summed E-state index contributed by atoms with van der Waals surface area (Å²) in [5.41, 5.74) is 8.20. The van der Waals surface area contributed by atoms with Crippen molar-refractivity contribution in [2.75, 3.05) is 26.2 Å². The Hall–Kier alpha value is -5.44. The highest BCUT2D eigenvalue weighted by atomic mass is 35.5. The first kappa shape index (κ1) is 58.8. The highest BCUT2D eigenvalue weighted by molar-refractivity contribution is 7.14. The monoisotopic (exact) mass is 1090 g/mol. The van der Waals surface area contributed by atoms with Crippen LogP contribution in [0.2, 0.25) is 10.0 Å². The van der Waals surface area contributed by atoms with E-state index < -0.39 is 11.4 Å². The molecule has 11 nitrogen and oxygen atoms in total. The predicted octanol–water partition coefficient (Wildman–Crippen LogP) is 14.2. The Morgan fingerprint density at radius 2 is 0.987 bits per heavy atom. The van der Waals surface area contributed by atoms with E-state index in [0.717, 1.165) is 93.3 Å². The predicted molar refractivity (Wildman–Crippen MR) is 310 cm³/mol. The number of hydrogen-bond acceptors (Lipinski definition) is 9. The zero-order chi connectivity index (χ0) is 55.0. The van der Waals surface area contributed by atoms with Crippen molar-refractivity contribution in [3.8, 4) is 43.1 Å². The smallest absolute Gasteiger partial charge is 0.335 e. The minimum Gasteiger partial charge on any atom is -0.478 e. The number of carbonyl (C=O) groups excluding carboxylic acids is 3. The van der Waals surface area contributed by atoms with Crippen LogP contribution in [0.4, 0.5) is 0 Å². The van der Waals surface area contributed by atoms with Crippen LogP contribution >= 0.6 is 45.9 Å². The maximum Gasteiger partial charge on any atom is 0.335 e. The minimum atomic E-state index is -0.981. The molecule has 75 heavy (non-hydrogen) atoms. The molecular weight excluding hydrogens is 1020 g/mol. The van der Waals surface area contributed by atoms with Gasteiger partial charge in [-0.1, -0.05) is 118 Å². The molecule has 0 saturated carbocycles. The lowest BCUT2D eigenvalue weighted by Gasteiger charge is -2.33. The van der Waals surface area contributed by atoms with E-state index in [0.29, 0.717) is 34.7 Å². The number of aromatic nitrogens is 2. The lowest BCUT2D eigenvalue weighted by molar-refractivity contribution is -0.130. The third-order valence-electron chi connectivity index (χ3n) is 13.0. The van der Waals surface area contributed by atoms with Crippen LogP contribution in [0.25, 0.3) is 43.1 Å². The fraction of sp³-hybridized carbons (Fsp3) is 0.433. The van der Waals surface area contributed by atoms with Gasteiger partial charge in [0.25, 0.3) is 5.91 Å². The molecule has 3 amide bonds. The fourth-order valence-electron chi connectivity index (χ4n) is 8.19. The van der Waals surface area contributed by atoms with Gasteiger partial charge < -0.3 is 26.0 Å². The lowest BCUT2D eigenvalue weighted by atomic mass is 9.90. The second-order valence-electron chi connectivity index (χ2n) is 23.5. The second kappa shape index (κ2) is 24.7. The highest BCUT2D eigenvalue weighted by Crippen LogP contribution is 2.39. The van der Waals surface area contributed by atoms with Crippen molar-refractivity contribution in [3.63, 3.8) is 0 Å². The SMILES string of the molecule is CC(C)(C)C(=O)NC1CCN(C(=O)c2ccc(-c3csc(-c4ccnc(C(C)(C)C)c4)c3)c(Cl)c2)CC1.CC(C)(C)C(=O)NC1CCNCC1.CC(C)(C)c1cc(-c2cc(-c3ccc(C(=O)O)cc3Cl)cs2)ccn1. The summed E-state index contributed by atoms with van der Waals surface area (Å²) in [4.78, 5) is 61.2. The number of amides is 3. The quantitative estimate of drug-likeness (QED) is 0.118. The zero-order valence-electron chi connectivity index (χ0n) is 45.5. The van der Waals surface area contributed by atoms with Crippen molar-refractivity contribution in [1.29, 1.82) is 0 Å². The summed E-state index contributed by atoms with van der Waals surface area (Å²) in [6.45, 7) is 27.8. The summed E-state index contributed by atoms with van der Waals surface area (Å²) in [6.07, 6.45) is 7.32. The summed E-state index contributed by atoms with van der Waals surface area (Å²) in [6, 6.07) is 23.4. The van der Waals surface area contributed by atoms with E-state index in [1.165, 1.54) is 6.07 Å². The number of pyridine rings is 2. The highest BCUT2D eigenvalue weighted by Gasteiger charge is 2.29. The van der Waals surface area contributed by atoms with Crippen molar-refractivity contribution in [1.82, 2.24) is 30.8 Å². The van der Waals surface area contributed by atoms with Gasteiger partial charge in [0.15, 0.2) is 0 Å². The molecule has 0 atom stereocenters. The van der Waals surface area contributed by atoms with E-state index in [-0.39, 0.29) is 45.6 Å². The standard InChI is InChI=1S/C30H36ClN3O2S.C20H18ClNO2S.C10H20N2O/c1-29(2,3)26-17-19(9-12-32-26)25-16-21(18-37-25)23-8-7-20(15-24(23)31)27(35)34-13-10-22(11-14-34)33-28(36)30(4,5)6;1-20(2,3)18-10-12(6-7-22-18)17-9-14(11-25-17)15-5-4-13(19(23)24)8-16(15)21;1-10(2,3)9(13)12-8-4-6-11-7-5-8/h7-9,12,15-18,22H,10-11,13-14H2,1-6H3,(H,33,36);4-11H,1-3H3,(H,23,24);8,11H,4-7H2,1-3H3,(H,12,13). The van der Waals surface area contributed by atoms with Crippen molar-refractivity contribution in [2.45, 2.75) is 132 Å². The molecule has 0 bridgehead atoms. The maximum absolute atomic E-state index is 13.2. The van der Waals surface area contributed by atoms with E-state index in [1.54, 1.807) is 40.9 Å². The van der Waals surface area contributed by atoms with Crippen LogP contribution in [-0.4, -0.2) is 81.9 Å². The molecule has 0 radical (unpaired) electrons. The first-order valence-electron chi connectivity index (χ1n) is 25.6. The van der Waals surface area contributed by atoms with E-state index in [2.05, 4.69) is 97.1 Å². The molecular formula is C60H74Cl2N6O5S2. The van der Waals surface area contributed by atoms with Crippen molar-refractivity contribution in [3.05, 3.63) is 129 Å². The van der Waals surface area contributed by atoms with Crippen molar-refractivity contribution < 1.29 is 24.3 Å². The molecule has 2 aromatic carbocycles. The number of piperidine rings is 2. The summed E-state index contributed by atoms with van der Waals surface area (Å²) >= 11 is 16.3. The van der Waals surface area contributed by atoms with Gasteiger partial charge in [0, 0.05) is 107 Å². The van der Waals surface area contributed by atoms with Crippen LogP contribution in [0.5, 0.6) is 0 Å². The van der Waals surface area contributed by atoms with Gasteiger partial charge in [-0.05, 0) is 132 Å². The number of carboxylic acids is 1. The number of nitrogens with one attached hydrogen (secondary N) is 3. The van der Waals surface area contributed by atoms with Gasteiger partial charge in [0.1, 0.15) is 0 Å². The Morgan fingerprint density at radius 3 is 1.39 bits per heavy atom. The molecule has 6 aromatic rings. The Labute approximate surface area is 462 Å². The normalized spacial score (nSPS) is 14.7. The van der Waals surface area contributed by atoms with E-state index in [9.17, 15) is 19.2 Å². The van der Waals surface area contributed by atoms with Crippen LogP contribution in [-0.2, 0) is 20.4 Å². The summed E-state index contributed by atoms with van der Waals surface area (Å²) in [5, 5.41) is 23.7. The number of carboxylic acid groups (broad SMARTS) is 1. The maximum atomic E-state index is 13.2. The lowest BCUT2D eigenvalue weighted by Crippen LogP contribution is -2.49. The Balaban J connectivity index is 0.000000206. The molecule has 6 heterocycles. The van der Waals surface area contributed by atoms with Gasteiger partial charge in [-0.2, -0.15) is 0 Å². The molecule has 0 unspecified atom stereocenters. The molecule has 400 valence electrons. The number of likely N-dealkylation sites (tertiary alicyclic amines) is 1. The van der Waals surface area contributed by atoms with E-state index in [1.807, 2.05) is 88.5 Å². The van der Waals surface area contributed by atoms with Gasteiger partial charge >= 0.3 is 5.97 Å². The first-order valence-corrected chi connectivity index (χ1v) is 28.2. The molecule has 4 N–H and O–H groups in total. The molecule has 2 fully saturated rings. The molecule has 2 saturated heterocycles. The van der Waals surface area contributed by atoms with Gasteiger partial charge in [-0.3, -0.25) is 24.4 Å². The van der Waals surface area contributed by atoms with Gasteiger partial charge in [-0.15, -0.1) is 22.7 Å². The van der Waals surface area contributed by atoms with Gasteiger partial charge in [0.05, 0.1) is 5.56 Å².